The zero-order valence-corrected chi connectivity index (χ0v) is 26.8. The highest BCUT2D eigenvalue weighted by atomic mass is 35.5. The van der Waals surface area contributed by atoms with Crippen LogP contribution in [0.15, 0.2) is 73.1 Å². The molecule has 4 heterocycles. The van der Waals surface area contributed by atoms with Crippen LogP contribution in [0.3, 0.4) is 0 Å². The molecule has 2 amide bonds. The topological polar surface area (TPSA) is 72.9 Å². The molecule has 2 saturated heterocycles. The summed E-state index contributed by atoms with van der Waals surface area (Å²) in [4.78, 5) is 42.4. The lowest BCUT2D eigenvalue weighted by Gasteiger charge is -2.36. The van der Waals surface area contributed by atoms with E-state index >= 15 is 0 Å². The largest absolute Gasteiger partial charge is 0.337 e. The fraction of sp³-hybridized carbons (Fsp3) is 0.394. The number of hydrogen-bond donors (Lipinski definition) is 0. The van der Waals surface area contributed by atoms with Crippen LogP contribution in [0.2, 0.25) is 0 Å². The Balaban J connectivity index is 0.00000323. The molecule has 0 unspecified atom stereocenters. The molecule has 0 N–H and O–H groups in total. The first-order valence-corrected chi connectivity index (χ1v) is 14.5. The predicted octanol–water partition coefficient (Wildman–Crippen LogP) is 4.45. The van der Waals surface area contributed by atoms with Crippen LogP contribution < -0.4 is 0 Å². The number of allylic oxidation sites excluding steroid dienone is 4. The SMILES string of the molecule is Cc1ncccc1/C=C/C=C/C(=O)N1CCN(CCCN2CCN(C(=O)/C=C/C=C/c3cccnc3C)CC2)CC1.Cl.Cl. The van der Waals surface area contributed by atoms with Gasteiger partial charge in [-0.3, -0.25) is 29.4 Å². The highest BCUT2D eigenvalue weighted by Gasteiger charge is 2.21. The van der Waals surface area contributed by atoms with Gasteiger partial charge in [-0.2, -0.15) is 0 Å². The molecule has 2 aliphatic heterocycles. The second-order valence-corrected chi connectivity index (χ2v) is 10.5. The summed E-state index contributed by atoms with van der Waals surface area (Å²) in [5, 5.41) is 0. The lowest BCUT2D eigenvalue weighted by molar-refractivity contribution is -0.128. The number of pyridine rings is 2. The van der Waals surface area contributed by atoms with Gasteiger partial charge in [0.05, 0.1) is 0 Å². The molecular formula is C33H44Cl2N6O2. The third-order valence-corrected chi connectivity index (χ3v) is 7.66. The fourth-order valence-corrected chi connectivity index (χ4v) is 5.05. The number of carbonyl (C=O) groups is 2. The number of aryl methyl sites for hydroxylation is 2. The van der Waals surface area contributed by atoms with Crippen molar-refractivity contribution in [2.75, 3.05) is 65.4 Å². The molecule has 0 aromatic carbocycles. The number of halogens is 2. The molecule has 2 aromatic heterocycles. The third kappa shape index (κ3) is 11.7. The maximum atomic E-state index is 12.6. The smallest absolute Gasteiger partial charge is 0.246 e. The Morgan fingerprint density at radius 3 is 1.42 bits per heavy atom. The summed E-state index contributed by atoms with van der Waals surface area (Å²) < 4.78 is 0. The molecule has 0 radical (unpaired) electrons. The first-order chi connectivity index (χ1) is 20.0. The van der Waals surface area contributed by atoms with Crippen molar-refractivity contribution >= 4 is 48.8 Å². The van der Waals surface area contributed by atoms with E-state index in [1.165, 1.54) is 0 Å². The average Bonchev–Trinajstić information content (AvgIpc) is 2.99. The van der Waals surface area contributed by atoms with E-state index in [0.717, 1.165) is 94.4 Å². The molecule has 0 spiro atoms. The van der Waals surface area contributed by atoms with Gasteiger partial charge in [0.25, 0.3) is 0 Å². The monoisotopic (exact) mass is 626 g/mol. The van der Waals surface area contributed by atoms with Gasteiger partial charge in [0.1, 0.15) is 0 Å². The molecule has 0 aliphatic carbocycles. The Hall–Kier alpha value is -3.30. The van der Waals surface area contributed by atoms with E-state index in [0.29, 0.717) is 0 Å². The second kappa shape index (κ2) is 19.1. The standard InChI is InChI=1S/C33H42N6O2.2ClH/c1-28-30(12-7-16-34-28)10-3-5-14-32(40)38-24-20-36(21-25-38)18-9-19-37-22-26-39(27-23-37)33(41)15-6-4-11-31-13-8-17-35-29(31)2;;/h3-8,10-17H,9,18-27H2,1-2H3;2*1H/b10-3+,11-4+,14-5+,15-6+;;. The van der Waals surface area contributed by atoms with E-state index in [-0.39, 0.29) is 36.6 Å². The van der Waals surface area contributed by atoms with Crippen molar-refractivity contribution in [1.82, 2.24) is 29.6 Å². The summed E-state index contributed by atoms with van der Waals surface area (Å²) in [6.07, 6.45) is 19.3. The predicted molar refractivity (Wildman–Crippen MR) is 179 cm³/mol. The fourth-order valence-electron chi connectivity index (χ4n) is 5.05. The number of carbonyl (C=O) groups excluding carboxylic acids is 2. The first kappa shape index (κ1) is 35.9. The number of hydrogen-bond acceptors (Lipinski definition) is 6. The Morgan fingerprint density at radius 1 is 0.651 bits per heavy atom. The molecule has 0 bridgehead atoms. The minimum atomic E-state index is 0. The van der Waals surface area contributed by atoms with Crippen molar-refractivity contribution in [3.8, 4) is 0 Å². The van der Waals surface area contributed by atoms with Crippen LogP contribution in [0.4, 0.5) is 0 Å². The molecule has 0 atom stereocenters. The van der Waals surface area contributed by atoms with Gasteiger partial charge in [0.2, 0.25) is 11.8 Å². The van der Waals surface area contributed by atoms with Gasteiger partial charge in [-0.1, -0.05) is 48.6 Å². The molecule has 8 nitrogen and oxygen atoms in total. The summed E-state index contributed by atoms with van der Waals surface area (Å²) in [6.45, 7) is 12.7. The van der Waals surface area contributed by atoms with Crippen LogP contribution in [0.1, 0.15) is 28.9 Å². The summed E-state index contributed by atoms with van der Waals surface area (Å²) in [5.41, 5.74) is 4.06. The Labute approximate surface area is 268 Å². The van der Waals surface area contributed by atoms with E-state index < -0.39 is 0 Å². The van der Waals surface area contributed by atoms with Crippen LogP contribution in [0.5, 0.6) is 0 Å². The minimum absolute atomic E-state index is 0. The molecule has 2 aromatic rings. The van der Waals surface area contributed by atoms with Gasteiger partial charge in [-0.25, -0.2) is 0 Å². The van der Waals surface area contributed by atoms with Crippen molar-refractivity contribution in [3.63, 3.8) is 0 Å². The molecule has 43 heavy (non-hydrogen) atoms. The zero-order valence-electron chi connectivity index (χ0n) is 25.2. The average molecular weight is 628 g/mol. The van der Waals surface area contributed by atoms with Crippen molar-refractivity contribution < 1.29 is 9.59 Å². The van der Waals surface area contributed by atoms with E-state index in [9.17, 15) is 9.59 Å². The van der Waals surface area contributed by atoms with E-state index in [1.54, 1.807) is 24.5 Å². The third-order valence-electron chi connectivity index (χ3n) is 7.66. The Kier molecular flexibility index (Phi) is 15.9. The number of aromatic nitrogens is 2. The molecule has 10 heteroatoms. The van der Waals surface area contributed by atoms with Gasteiger partial charge in [-0.15, -0.1) is 24.8 Å². The lowest BCUT2D eigenvalue weighted by Crippen LogP contribution is -2.50. The Morgan fingerprint density at radius 2 is 1.05 bits per heavy atom. The molecular weight excluding hydrogens is 583 g/mol. The van der Waals surface area contributed by atoms with Crippen molar-refractivity contribution in [2.45, 2.75) is 20.3 Å². The molecule has 4 rings (SSSR count). The first-order valence-electron chi connectivity index (χ1n) is 14.5. The molecule has 0 saturated carbocycles. The normalized spacial score (nSPS) is 16.7. The van der Waals surface area contributed by atoms with Crippen LogP contribution in [-0.4, -0.2) is 107 Å². The zero-order chi connectivity index (χ0) is 28.9. The number of nitrogens with zero attached hydrogens (tertiary/aromatic N) is 6. The lowest BCUT2D eigenvalue weighted by atomic mass is 10.2. The number of piperazine rings is 2. The summed E-state index contributed by atoms with van der Waals surface area (Å²) in [7, 11) is 0. The summed E-state index contributed by atoms with van der Waals surface area (Å²) in [6, 6.07) is 7.85. The quantitative estimate of drug-likeness (QED) is 0.287. The second-order valence-electron chi connectivity index (χ2n) is 10.5. The minimum Gasteiger partial charge on any atom is -0.337 e. The van der Waals surface area contributed by atoms with Crippen molar-refractivity contribution in [3.05, 3.63) is 95.6 Å². The van der Waals surface area contributed by atoms with E-state index in [4.69, 9.17) is 0 Å². The number of amides is 2. The van der Waals surface area contributed by atoms with Crippen LogP contribution in [0.25, 0.3) is 12.2 Å². The van der Waals surface area contributed by atoms with Gasteiger partial charge in [-0.05, 0) is 56.6 Å². The van der Waals surface area contributed by atoms with Crippen LogP contribution in [-0.2, 0) is 9.59 Å². The maximum Gasteiger partial charge on any atom is 0.246 e. The number of rotatable bonds is 10. The highest BCUT2D eigenvalue weighted by Crippen LogP contribution is 2.09. The van der Waals surface area contributed by atoms with Crippen molar-refractivity contribution in [1.29, 1.82) is 0 Å². The maximum absolute atomic E-state index is 12.6. The summed E-state index contributed by atoms with van der Waals surface area (Å²) >= 11 is 0. The van der Waals surface area contributed by atoms with Crippen molar-refractivity contribution in [2.24, 2.45) is 0 Å². The van der Waals surface area contributed by atoms with Gasteiger partial charge < -0.3 is 9.80 Å². The van der Waals surface area contributed by atoms with Gasteiger partial charge in [0.15, 0.2) is 0 Å². The van der Waals surface area contributed by atoms with Crippen LogP contribution in [0, 0.1) is 13.8 Å². The van der Waals surface area contributed by atoms with Crippen LogP contribution >= 0.6 is 24.8 Å². The molecule has 232 valence electrons. The van der Waals surface area contributed by atoms with E-state index in [1.807, 2.05) is 84.4 Å². The van der Waals surface area contributed by atoms with Gasteiger partial charge in [0, 0.05) is 88.3 Å². The van der Waals surface area contributed by atoms with Gasteiger partial charge >= 0.3 is 0 Å². The molecule has 2 aliphatic rings. The summed E-state index contributed by atoms with van der Waals surface area (Å²) in [5.74, 6) is 0.137. The Bertz CT molecular complexity index is 1180. The molecule has 2 fully saturated rings. The van der Waals surface area contributed by atoms with E-state index in [2.05, 4.69) is 19.8 Å². The highest BCUT2D eigenvalue weighted by molar-refractivity contribution is 5.88.